The van der Waals surface area contributed by atoms with E-state index in [0.717, 1.165) is 18.4 Å². The first-order valence-electron chi connectivity index (χ1n) is 14.3. The lowest BCUT2D eigenvalue weighted by molar-refractivity contribution is 0.262. The van der Waals surface area contributed by atoms with E-state index >= 15 is 0 Å². The summed E-state index contributed by atoms with van der Waals surface area (Å²) in [4.78, 5) is 28.2. The number of hydrogen-bond acceptors (Lipinski definition) is 11. The first-order chi connectivity index (χ1) is 21.7. The van der Waals surface area contributed by atoms with Crippen LogP contribution in [0.4, 0.5) is 27.8 Å². The maximum absolute atomic E-state index is 13.4. The van der Waals surface area contributed by atoms with Crippen molar-refractivity contribution in [1.82, 2.24) is 19.9 Å². The van der Waals surface area contributed by atoms with Crippen molar-refractivity contribution in [1.29, 1.82) is 0 Å². The van der Waals surface area contributed by atoms with Gasteiger partial charge >= 0.3 is 18.1 Å². The number of anilines is 4. The number of methoxy groups -OCH3 is 2. The van der Waals surface area contributed by atoms with Crippen molar-refractivity contribution in [2.45, 2.75) is 26.2 Å². The zero-order chi connectivity index (χ0) is 33.6. The highest BCUT2D eigenvalue weighted by Crippen LogP contribution is 2.39. The highest BCUT2D eigenvalue weighted by Gasteiger charge is 2.22. The molecule has 1 aromatic heterocycles. The Bertz CT molecular complexity index is 1830. The largest absolute Gasteiger partial charge is 0.492 e. The Balaban J connectivity index is 1.62. The lowest BCUT2D eigenvalue weighted by Crippen LogP contribution is -2.22. The second-order valence-electron chi connectivity index (χ2n) is 11.7. The molecule has 0 saturated heterocycles. The Morgan fingerprint density at radius 1 is 0.870 bits per heavy atom. The number of nitrogens with one attached hydrogen (secondary N) is 4. The van der Waals surface area contributed by atoms with Gasteiger partial charge in [-0.1, -0.05) is 45.0 Å². The number of fused-ring (bicyclic) bond motifs is 1. The molecule has 4 aromatic rings. The number of carbonyl (C=O) groups is 1. The van der Waals surface area contributed by atoms with Gasteiger partial charge in [0, 0.05) is 23.9 Å². The maximum atomic E-state index is 13.4. The van der Waals surface area contributed by atoms with Crippen LogP contribution in [-0.4, -0.2) is 82.0 Å². The predicted molar refractivity (Wildman–Crippen MR) is 180 cm³/mol. The summed E-state index contributed by atoms with van der Waals surface area (Å²) in [5.41, 5.74) is 1.44. The molecular formula is C31H40N8O6S. The van der Waals surface area contributed by atoms with E-state index in [0.29, 0.717) is 40.4 Å². The molecule has 46 heavy (non-hydrogen) atoms. The number of nitrogens with zero attached hydrogens (tertiary/aromatic N) is 4. The molecule has 0 fully saturated rings. The van der Waals surface area contributed by atoms with E-state index in [9.17, 15) is 13.2 Å². The number of rotatable bonds is 12. The lowest BCUT2D eigenvalue weighted by atomic mass is 9.86. The van der Waals surface area contributed by atoms with E-state index in [4.69, 9.17) is 14.2 Å². The number of benzene rings is 3. The van der Waals surface area contributed by atoms with Crippen LogP contribution in [-0.2, 0) is 15.4 Å². The molecule has 0 radical (unpaired) electrons. The monoisotopic (exact) mass is 652 g/mol. The van der Waals surface area contributed by atoms with E-state index < -0.39 is 16.1 Å². The molecule has 2 amide bonds. The van der Waals surface area contributed by atoms with Gasteiger partial charge in [-0.05, 0) is 49.3 Å². The smallest absolute Gasteiger partial charge is 0.330 e. The Kier molecular flexibility index (Phi) is 10.4. The molecule has 14 nitrogen and oxygen atoms in total. The van der Waals surface area contributed by atoms with E-state index in [1.54, 1.807) is 24.3 Å². The number of likely N-dealkylation sites (N-methyl/N-ethyl adjacent to an activating group) is 1. The van der Waals surface area contributed by atoms with Crippen LogP contribution >= 0.6 is 0 Å². The van der Waals surface area contributed by atoms with Crippen molar-refractivity contribution in [3.63, 3.8) is 0 Å². The van der Waals surface area contributed by atoms with Gasteiger partial charge in [0.15, 0.2) is 5.75 Å². The summed E-state index contributed by atoms with van der Waals surface area (Å²) >= 11 is 0. The van der Waals surface area contributed by atoms with Crippen molar-refractivity contribution in [2.75, 3.05) is 68.3 Å². The molecule has 3 aromatic carbocycles. The Labute approximate surface area is 268 Å². The van der Waals surface area contributed by atoms with Gasteiger partial charge in [0.05, 0.1) is 37.5 Å². The van der Waals surface area contributed by atoms with Gasteiger partial charge in [-0.3, -0.25) is 4.72 Å². The number of urea groups is 1. The van der Waals surface area contributed by atoms with E-state index in [2.05, 4.69) is 35.6 Å². The minimum Gasteiger partial charge on any atom is -0.492 e. The van der Waals surface area contributed by atoms with Crippen molar-refractivity contribution in [3.8, 4) is 23.5 Å². The molecule has 0 aliphatic rings. The van der Waals surface area contributed by atoms with Crippen molar-refractivity contribution in [3.05, 3.63) is 54.1 Å². The van der Waals surface area contributed by atoms with Crippen molar-refractivity contribution < 1.29 is 27.4 Å². The normalized spacial score (nSPS) is 11.7. The minimum atomic E-state index is -3.63. The zero-order valence-corrected chi connectivity index (χ0v) is 28.0. The minimum absolute atomic E-state index is 0.0344. The van der Waals surface area contributed by atoms with Crippen LogP contribution in [0.25, 0.3) is 10.8 Å². The van der Waals surface area contributed by atoms with Crippen LogP contribution in [0.15, 0.2) is 48.5 Å². The Morgan fingerprint density at radius 2 is 1.52 bits per heavy atom. The average molecular weight is 653 g/mol. The van der Waals surface area contributed by atoms with Crippen LogP contribution < -0.4 is 34.9 Å². The van der Waals surface area contributed by atoms with Gasteiger partial charge in [-0.15, -0.1) is 4.98 Å². The van der Waals surface area contributed by atoms with Crippen LogP contribution in [0.1, 0.15) is 26.3 Å². The number of sulfonamides is 1. The van der Waals surface area contributed by atoms with E-state index in [1.165, 1.54) is 14.2 Å². The highest BCUT2D eigenvalue weighted by atomic mass is 32.2. The maximum Gasteiger partial charge on any atom is 0.330 e. The molecule has 0 aliphatic heterocycles. The van der Waals surface area contributed by atoms with Crippen LogP contribution in [0.5, 0.6) is 23.5 Å². The first kappa shape index (κ1) is 34.0. The molecule has 15 heteroatoms. The average Bonchev–Trinajstić information content (AvgIpc) is 2.96. The van der Waals surface area contributed by atoms with Gasteiger partial charge in [-0.2, -0.15) is 9.97 Å². The fraction of sp³-hybridized carbons (Fsp3) is 0.355. The summed E-state index contributed by atoms with van der Waals surface area (Å²) < 4.78 is 43.5. The molecule has 4 N–H and O–H groups in total. The number of ether oxygens (including phenoxy) is 3. The molecule has 0 aliphatic carbocycles. The number of hydrogen-bond donors (Lipinski definition) is 4. The zero-order valence-electron chi connectivity index (χ0n) is 27.2. The summed E-state index contributed by atoms with van der Waals surface area (Å²) in [6.45, 7) is 7.31. The number of aromatic nitrogens is 3. The summed E-state index contributed by atoms with van der Waals surface area (Å²) in [6, 6.07) is 13.8. The lowest BCUT2D eigenvalue weighted by Gasteiger charge is -2.24. The molecule has 4 rings (SSSR count). The van der Waals surface area contributed by atoms with Crippen molar-refractivity contribution >= 4 is 49.8 Å². The molecular weight excluding hydrogens is 612 g/mol. The molecule has 0 bridgehead atoms. The van der Waals surface area contributed by atoms with Crippen LogP contribution in [0.2, 0.25) is 0 Å². The first-order valence-corrected chi connectivity index (χ1v) is 16.2. The third-order valence-electron chi connectivity index (χ3n) is 6.66. The second kappa shape index (κ2) is 14.0. The molecule has 0 spiro atoms. The Hall–Kier alpha value is -4.89. The quantitative estimate of drug-likeness (QED) is 0.160. The number of carbonyl (C=O) groups excluding carboxylic acids is 1. The fourth-order valence-electron chi connectivity index (χ4n) is 4.44. The van der Waals surface area contributed by atoms with E-state index in [-0.39, 0.29) is 28.9 Å². The van der Waals surface area contributed by atoms with Gasteiger partial charge in [0.25, 0.3) is 0 Å². The van der Waals surface area contributed by atoms with Crippen molar-refractivity contribution in [2.24, 2.45) is 0 Å². The van der Waals surface area contributed by atoms with Gasteiger partial charge in [0.2, 0.25) is 16.0 Å². The molecule has 0 atom stereocenters. The Morgan fingerprint density at radius 3 is 2.15 bits per heavy atom. The van der Waals surface area contributed by atoms with Crippen LogP contribution in [0, 0.1) is 0 Å². The van der Waals surface area contributed by atoms with Gasteiger partial charge in [-0.25, -0.2) is 13.2 Å². The topological polar surface area (TPSA) is 169 Å². The fourth-order valence-corrected chi connectivity index (χ4v) is 4.99. The predicted octanol–water partition coefficient (Wildman–Crippen LogP) is 5.12. The standard InChI is InChI=1S/C31H40N8O6S/c1-31(2,3)19-17-23(26(43-6)24(18-19)38-46(8,41)42)34-28(40)33-22-13-14-25(21-12-10-9-11-20(21)22)45-30-36-27(32-15-16-39(4)5)35-29(37-30)44-7/h9-14,17-18,38H,15-16H2,1-8H3,(H2,33,34,40)(H,32,35,36,37). The molecule has 0 saturated carbocycles. The van der Waals surface area contributed by atoms with E-state index in [1.807, 2.05) is 64.0 Å². The van der Waals surface area contributed by atoms with Gasteiger partial charge in [0.1, 0.15) is 5.75 Å². The molecule has 246 valence electrons. The summed E-state index contributed by atoms with van der Waals surface area (Å²) in [5, 5.41) is 10.2. The second-order valence-corrected chi connectivity index (χ2v) is 13.5. The van der Waals surface area contributed by atoms with Gasteiger partial charge < -0.3 is 35.1 Å². The highest BCUT2D eigenvalue weighted by molar-refractivity contribution is 7.92. The molecule has 1 heterocycles. The third kappa shape index (κ3) is 8.85. The number of amides is 2. The summed E-state index contributed by atoms with van der Waals surface area (Å²) in [7, 11) is 3.17. The SMILES string of the molecule is COc1nc(NCCN(C)C)nc(Oc2ccc(NC(=O)Nc3cc(C(C)(C)C)cc(NS(C)(=O)=O)c3OC)c3ccccc23)n1. The summed E-state index contributed by atoms with van der Waals surface area (Å²) in [5.74, 6) is 0.930. The summed E-state index contributed by atoms with van der Waals surface area (Å²) in [6.07, 6.45) is 1.05. The van der Waals surface area contributed by atoms with Crippen LogP contribution in [0.3, 0.4) is 0 Å². The molecule has 0 unspecified atom stereocenters. The third-order valence-corrected chi connectivity index (χ3v) is 7.25.